The molecule has 3 aromatic carbocycles. The van der Waals surface area contributed by atoms with Crippen LogP contribution in [0.3, 0.4) is 0 Å². The number of amides is 2. The minimum atomic E-state index is -0.385. The number of piperidine rings is 1. The van der Waals surface area contributed by atoms with Crippen LogP contribution < -0.4 is 19.7 Å². The number of ether oxygens (including phenoxy) is 2. The van der Waals surface area contributed by atoms with Gasteiger partial charge in [0.05, 0.1) is 31.7 Å². The van der Waals surface area contributed by atoms with Crippen molar-refractivity contribution in [3.8, 4) is 11.5 Å². The lowest BCUT2D eigenvalue weighted by molar-refractivity contribution is -0.134. The Bertz CT molecular complexity index is 1440. The van der Waals surface area contributed by atoms with E-state index >= 15 is 0 Å². The summed E-state index contributed by atoms with van der Waals surface area (Å²) in [5.41, 5.74) is 4.68. The number of nitrogens with zero attached hydrogens (tertiary/aromatic N) is 2. The lowest BCUT2D eigenvalue weighted by Crippen LogP contribution is -2.49. The summed E-state index contributed by atoms with van der Waals surface area (Å²) in [6.07, 6.45) is 3.16. The molecule has 1 N–H and O–H groups in total. The molecule has 1 unspecified atom stereocenters. The minimum absolute atomic E-state index is 0.00969. The van der Waals surface area contributed by atoms with Gasteiger partial charge in [0.15, 0.2) is 11.5 Å². The summed E-state index contributed by atoms with van der Waals surface area (Å²) in [7, 11) is 1.62. The number of hydrogen-bond acceptors (Lipinski definition) is 5. The second-order valence-electron chi connectivity index (χ2n) is 11.6. The van der Waals surface area contributed by atoms with Gasteiger partial charge in [-0.25, -0.2) is 0 Å². The topological polar surface area (TPSA) is 71.1 Å². The molecular weight excluding hydrogens is 562 g/mol. The van der Waals surface area contributed by atoms with Crippen molar-refractivity contribution < 1.29 is 19.1 Å². The van der Waals surface area contributed by atoms with Crippen LogP contribution in [0.25, 0.3) is 0 Å². The van der Waals surface area contributed by atoms with Crippen molar-refractivity contribution in [2.75, 3.05) is 25.1 Å². The third kappa shape index (κ3) is 6.53. The van der Waals surface area contributed by atoms with Crippen molar-refractivity contribution in [2.24, 2.45) is 0 Å². The van der Waals surface area contributed by atoms with E-state index in [1.54, 1.807) is 14.0 Å². The molecule has 0 bridgehead atoms. The average molecular weight is 604 g/mol. The molecule has 43 heavy (non-hydrogen) atoms. The van der Waals surface area contributed by atoms with E-state index in [0.29, 0.717) is 16.5 Å². The fourth-order valence-electron chi connectivity index (χ4n) is 6.37. The van der Waals surface area contributed by atoms with Crippen LogP contribution in [0.4, 0.5) is 5.69 Å². The molecule has 5 rings (SSSR count). The van der Waals surface area contributed by atoms with Gasteiger partial charge in [0.2, 0.25) is 11.8 Å². The summed E-state index contributed by atoms with van der Waals surface area (Å²) >= 11 is 6.27. The number of rotatable bonds is 9. The third-order valence-corrected chi connectivity index (χ3v) is 9.03. The second-order valence-corrected chi connectivity index (χ2v) is 12.1. The van der Waals surface area contributed by atoms with Gasteiger partial charge < -0.3 is 24.6 Å². The quantitative estimate of drug-likeness (QED) is 0.289. The molecule has 0 radical (unpaired) electrons. The van der Waals surface area contributed by atoms with E-state index < -0.39 is 0 Å². The van der Waals surface area contributed by atoms with Gasteiger partial charge in [-0.1, -0.05) is 42.8 Å². The molecule has 4 atom stereocenters. The first-order valence-electron chi connectivity index (χ1n) is 15.3. The Morgan fingerprint density at radius 2 is 1.81 bits per heavy atom. The molecule has 2 amide bonds. The lowest BCUT2D eigenvalue weighted by atomic mass is 9.86. The van der Waals surface area contributed by atoms with Crippen LogP contribution in [0.15, 0.2) is 60.7 Å². The maximum atomic E-state index is 13.9. The van der Waals surface area contributed by atoms with Gasteiger partial charge in [0.1, 0.15) is 0 Å². The fourth-order valence-corrected chi connectivity index (χ4v) is 6.49. The molecule has 0 spiro atoms. The summed E-state index contributed by atoms with van der Waals surface area (Å²) in [6.45, 7) is 9.64. The number of methoxy groups -OCH3 is 1. The molecule has 3 aromatic rings. The molecular formula is C35H42ClN3O4. The second kappa shape index (κ2) is 13.4. The zero-order chi connectivity index (χ0) is 30.7. The van der Waals surface area contributed by atoms with Crippen LogP contribution in [0.5, 0.6) is 11.5 Å². The molecule has 1 saturated heterocycles. The predicted octanol–water partition coefficient (Wildman–Crippen LogP) is 6.87. The Hall–Kier alpha value is -3.55. The molecule has 8 heteroatoms. The standard InChI is InChI=1S/C35H42ClN3O4/c1-6-22(2)43-33-20-31-27(18-32(33)42-5)19-34(41)39(35(31)26-9-13-28(36)14-10-26)29-15-11-25(12-16-29)23(3)38(24(4)40)30-8-7-17-37-21-30/h9-16,18,20,22-23,30,35,37H,6-8,17,19,21H2,1-5H3/t22-,23+,30+,35?/m1/s1. The fraction of sp³-hybridized carbons (Fsp3) is 0.429. The van der Waals surface area contributed by atoms with Crippen LogP contribution >= 0.6 is 11.6 Å². The van der Waals surface area contributed by atoms with Gasteiger partial charge in [-0.05, 0) is 98.3 Å². The highest BCUT2D eigenvalue weighted by Crippen LogP contribution is 2.44. The molecule has 7 nitrogen and oxygen atoms in total. The van der Waals surface area contributed by atoms with Gasteiger partial charge in [0.25, 0.3) is 0 Å². The Morgan fingerprint density at radius 3 is 2.42 bits per heavy atom. The van der Waals surface area contributed by atoms with Crippen LogP contribution in [0, 0.1) is 0 Å². The van der Waals surface area contributed by atoms with E-state index in [2.05, 4.69) is 19.2 Å². The van der Waals surface area contributed by atoms with Crippen molar-refractivity contribution in [1.82, 2.24) is 10.2 Å². The predicted molar refractivity (Wildman–Crippen MR) is 171 cm³/mol. The Labute approximate surface area is 260 Å². The van der Waals surface area contributed by atoms with Crippen LogP contribution in [-0.2, 0) is 16.0 Å². The first kappa shape index (κ1) is 30.9. The van der Waals surface area contributed by atoms with Gasteiger partial charge >= 0.3 is 0 Å². The van der Waals surface area contributed by atoms with E-state index in [-0.39, 0.29) is 42.5 Å². The number of halogens is 1. The van der Waals surface area contributed by atoms with Crippen molar-refractivity contribution in [3.05, 3.63) is 87.9 Å². The SMILES string of the molecule is CC[C@@H](C)Oc1cc2c(cc1OC)CC(=O)N(c1ccc([C@H](C)N(C(C)=O)[C@H]3CCCNC3)cc1)C2c1ccc(Cl)cc1. The highest BCUT2D eigenvalue weighted by atomic mass is 35.5. The highest BCUT2D eigenvalue weighted by molar-refractivity contribution is 6.30. The number of hydrogen-bond donors (Lipinski definition) is 1. The van der Waals surface area contributed by atoms with Crippen LogP contribution in [0.2, 0.25) is 5.02 Å². The molecule has 1 fully saturated rings. The average Bonchev–Trinajstić information content (AvgIpc) is 3.01. The molecule has 2 aliphatic heterocycles. The van der Waals surface area contributed by atoms with Gasteiger partial charge in [-0.15, -0.1) is 0 Å². The van der Waals surface area contributed by atoms with Crippen molar-refractivity contribution in [3.63, 3.8) is 0 Å². The Morgan fingerprint density at radius 1 is 1.09 bits per heavy atom. The minimum Gasteiger partial charge on any atom is -0.493 e. The molecule has 228 valence electrons. The van der Waals surface area contributed by atoms with E-state index in [1.807, 2.05) is 77.4 Å². The Balaban J connectivity index is 1.54. The first-order chi connectivity index (χ1) is 20.7. The number of nitrogens with one attached hydrogen (secondary N) is 1. The monoisotopic (exact) mass is 603 g/mol. The number of carbonyl (C=O) groups excluding carboxylic acids is 2. The van der Waals surface area contributed by atoms with Crippen LogP contribution in [-0.4, -0.2) is 49.1 Å². The maximum Gasteiger partial charge on any atom is 0.232 e. The van der Waals surface area contributed by atoms with Crippen LogP contribution in [0.1, 0.15) is 81.3 Å². The zero-order valence-corrected chi connectivity index (χ0v) is 26.5. The molecule has 0 saturated carbocycles. The maximum absolute atomic E-state index is 13.9. The Kier molecular flexibility index (Phi) is 9.62. The van der Waals surface area contributed by atoms with Gasteiger partial charge in [0, 0.05) is 30.2 Å². The van der Waals surface area contributed by atoms with Gasteiger partial charge in [-0.3, -0.25) is 9.59 Å². The highest BCUT2D eigenvalue weighted by Gasteiger charge is 2.36. The molecule has 0 aromatic heterocycles. The normalized spacial score (nSPS) is 19.8. The third-order valence-electron chi connectivity index (χ3n) is 8.78. The van der Waals surface area contributed by atoms with Crippen molar-refractivity contribution in [2.45, 2.75) is 77.6 Å². The zero-order valence-electron chi connectivity index (χ0n) is 25.7. The van der Waals surface area contributed by atoms with E-state index in [4.69, 9.17) is 21.1 Å². The van der Waals surface area contributed by atoms with Crippen molar-refractivity contribution >= 4 is 29.1 Å². The number of anilines is 1. The lowest BCUT2D eigenvalue weighted by Gasteiger charge is -2.39. The molecule has 0 aliphatic carbocycles. The number of benzene rings is 3. The first-order valence-corrected chi connectivity index (χ1v) is 15.6. The summed E-state index contributed by atoms with van der Waals surface area (Å²) < 4.78 is 11.9. The van der Waals surface area contributed by atoms with E-state index in [0.717, 1.165) is 60.3 Å². The largest absolute Gasteiger partial charge is 0.493 e. The summed E-state index contributed by atoms with van der Waals surface area (Å²) in [5.74, 6) is 1.34. The summed E-state index contributed by atoms with van der Waals surface area (Å²) in [5, 5.41) is 4.06. The smallest absolute Gasteiger partial charge is 0.232 e. The number of carbonyl (C=O) groups is 2. The number of fused-ring (bicyclic) bond motifs is 1. The van der Waals surface area contributed by atoms with E-state index in [1.165, 1.54) is 0 Å². The molecule has 2 heterocycles. The summed E-state index contributed by atoms with van der Waals surface area (Å²) in [6, 6.07) is 19.4. The summed E-state index contributed by atoms with van der Waals surface area (Å²) in [4.78, 5) is 30.5. The van der Waals surface area contributed by atoms with Gasteiger partial charge in [-0.2, -0.15) is 0 Å². The molecule has 2 aliphatic rings. The van der Waals surface area contributed by atoms with E-state index in [9.17, 15) is 9.59 Å². The van der Waals surface area contributed by atoms with Crippen molar-refractivity contribution in [1.29, 1.82) is 0 Å².